The highest BCUT2D eigenvalue weighted by Gasteiger charge is 2.49. The van der Waals surface area contributed by atoms with Gasteiger partial charge in [-0.3, -0.25) is 0 Å². The second-order valence-electron chi connectivity index (χ2n) is 9.49. The van der Waals surface area contributed by atoms with E-state index in [-0.39, 0.29) is 54.2 Å². The maximum absolute atomic E-state index is 10.3. The summed E-state index contributed by atoms with van der Waals surface area (Å²) in [5.41, 5.74) is 3.79. The predicted octanol–water partition coefficient (Wildman–Crippen LogP) is 4.39. The number of phenols is 2. The van der Waals surface area contributed by atoms with Crippen LogP contribution in [0, 0.1) is 11.8 Å². The maximum Gasteiger partial charge on any atom is 0.165 e. The molecule has 0 saturated carbocycles. The number of fused-ring (bicyclic) bond motifs is 2. The molecule has 0 spiro atoms. The molecule has 2 saturated heterocycles. The smallest absolute Gasteiger partial charge is 0.165 e. The van der Waals surface area contributed by atoms with E-state index >= 15 is 0 Å². The Balaban J connectivity index is 1.31. The van der Waals surface area contributed by atoms with Crippen molar-refractivity contribution in [1.82, 2.24) is 0 Å². The van der Waals surface area contributed by atoms with E-state index in [4.69, 9.17) is 18.9 Å². The van der Waals surface area contributed by atoms with Crippen LogP contribution in [-0.4, -0.2) is 42.3 Å². The molecular weight excluding hydrogens is 448 g/mol. The topological polar surface area (TPSA) is 97.6 Å². The van der Waals surface area contributed by atoms with E-state index in [1.54, 1.807) is 31.4 Å². The van der Waals surface area contributed by atoms with E-state index in [2.05, 4.69) is 6.07 Å². The zero-order valence-corrected chi connectivity index (χ0v) is 19.3. The zero-order chi connectivity index (χ0) is 24.1. The summed E-state index contributed by atoms with van der Waals surface area (Å²) in [7, 11) is 1.61. The van der Waals surface area contributed by atoms with Crippen molar-refractivity contribution in [2.45, 2.75) is 24.2 Å². The molecule has 35 heavy (non-hydrogen) atoms. The molecule has 0 radical (unpaired) electrons. The highest BCUT2D eigenvalue weighted by molar-refractivity contribution is 5.56. The zero-order valence-electron chi connectivity index (χ0n) is 19.3. The van der Waals surface area contributed by atoms with Crippen LogP contribution in [0.1, 0.15) is 46.5 Å². The van der Waals surface area contributed by atoms with E-state index in [9.17, 15) is 15.3 Å². The van der Waals surface area contributed by atoms with Gasteiger partial charge in [0, 0.05) is 17.4 Å². The van der Waals surface area contributed by atoms with Gasteiger partial charge in [0.1, 0.15) is 17.6 Å². The van der Waals surface area contributed by atoms with Crippen LogP contribution in [0.4, 0.5) is 0 Å². The van der Waals surface area contributed by atoms with Crippen molar-refractivity contribution in [1.29, 1.82) is 0 Å². The second-order valence-corrected chi connectivity index (χ2v) is 9.49. The van der Waals surface area contributed by atoms with Gasteiger partial charge in [-0.1, -0.05) is 24.3 Å². The van der Waals surface area contributed by atoms with Gasteiger partial charge in [-0.25, -0.2) is 0 Å². The van der Waals surface area contributed by atoms with E-state index < -0.39 is 0 Å². The lowest BCUT2D eigenvalue weighted by molar-refractivity contribution is 0.0192. The molecule has 6 rings (SSSR count). The fraction of sp³-hybridized carbons (Fsp3) is 0.357. The second kappa shape index (κ2) is 8.75. The Bertz CT molecular complexity index is 1210. The Morgan fingerprint density at radius 3 is 1.86 bits per heavy atom. The van der Waals surface area contributed by atoms with Crippen LogP contribution >= 0.6 is 0 Å². The fourth-order valence-corrected chi connectivity index (χ4v) is 5.79. The van der Waals surface area contributed by atoms with Crippen LogP contribution in [0.3, 0.4) is 0 Å². The summed E-state index contributed by atoms with van der Waals surface area (Å²) in [6, 6.07) is 18.1. The molecule has 2 fully saturated rings. The molecule has 3 aliphatic heterocycles. The normalized spacial score (nSPS) is 29.0. The van der Waals surface area contributed by atoms with Gasteiger partial charge in [0.05, 0.1) is 45.1 Å². The van der Waals surface area contributed by atoms with Crippen LogP contribution in [0.2, 0.25) is 0 Å². The van der Waals surface area contributed by atoms with Crippen LogP contribution in [0.25, 0.3) is 0 Å². The molecule has 0 amide bonds. The number of hydrogen-bond donors (Lipinski definition) is 3. The quantitative estimate of drug-likeness (QED) is 0.502. The summed E-state index contributed by atoms with van der Waals surface area (Å²) < 4.78 is 24.5. The Labute approximate surface area is 203 Å². The van der Waals surface area contributed by atoms with Crippen molar-refractivity contribution < 1.29 is 34.3 Å². The van der Waals surface area contributed by atoms with Crippen molar-refractivity contribution in [2.75, 3.05) is 26.9 Å². The number of rotatable bonds is 5. The number of phenolic OH excluding ortho intramolecular Hbond substituents is 2. The number of benzene rings is 3. The Morgan fingerprint density at radius 2 is 1.31 bits per heavy atom. The number of aliphatic hydroxyl groups excluding tert-OH is 1. The molecule has 0 bridgehead atoms. The summed E-state index contributed by atoms with van der Waals surface area (Å²) in [6.07, 6.45) is -0.617. The molecule has 3 N–H and O–H groups in total. The molecule has 3 aromatic rings. The molecule has 182 valence electrons. The maximum atomic E-state index is 10.3. The van der Waals surface area contributed by atoms with Crippen LogP contribution in [-0.2, 0) is 9.47 Å². The first-order chi connectivity index (χ1) is 17.1. The van der Waals surface area contributed by atoms with Crippen LogP contribution in [0.15, 0.2) is 60.7 Å². The number of aromatic hydroxyl groups is 2. The molecule has 7 nitrogen and oxygen atoms in total. The summed E-state index contributed by atoms with van der Waals surface area (Å²) in [4.78, 5) is 0. The molecule has 3 aromatic carbocycles. The fourth-order valence-electron chi connectivity index (χ4n) is 5.79. The van der Waals surface area contributed by atoms with Crippen molar-refractivity contribution in [3.8, 4) is 23.0 Å². The van der Waals surface area contributed by atoms with Gasteiger partial charge in [-0.2, -0.15) is 0 Å². The largest absolute Gasteiger partial charge is 0.508 e. The van der Waals surface area contributed by atoms with Crippen LogP contribution in [0.5, 0.6) is 23.0 Å². The van der Waals surface area contributed by atoms with Crippen molar-refractivity contribution >= 4 is 0 Å². The van der Waals surface area contributed by atoms with Gasteiger partial charge >= 0.3 is 0 Å². The molecule has 0 unspecified atom stereocenters. The minimum atomic E-state index is -0.384. The Hall–Kier alpha value is -3.26. The number of methoxy groups -OCH3 is 1. The number of ether oxygens (including phenoxy) is 4. The summed E-state index contributed by atoms with van der Waals surface area (Å²) in [5.74, 6) is 1.77. The lowest BCUT2D eigenvalue weighted by atomic mass is 9.83. The standard InChI is InChI=1S/C28H28O7/c1-32-24-11-17(10-20-21(12-29)27(35-28(20)24)16-4-8-19(31)9-5-16)26-23-14-33-25(22(23)13-34-26)15-2-6-18(30)7-3-15/h2-11,21-23,25-27,29-31H,12-14H2,1H3/t21-,22-,23-,25+,26+,27+/m0/s1. The van der Waals surface area contributed by atoms with Gasteiger partial charge < -0.3 is 34.3 Å². The Kier molecular flexibility index (Phi) is 5.56. The third-order valence-corrected chi connectivity index (χ3v) is 7.57. The predicted molar refractivity (Wildman–Crippen MR) is 127 cm³/mol. The molecular formula is C28H28O7. The third kappa shape index (κ3) is 3.71. The number of aliphatic hydroxyl groups is 1. The molecule has 3 aliphatic rings. The van der Waals surface area contributed by atoms with Crippen LogP contribution < -0.4 is 9.47 Å². The molecule has 0 aliphatic carbocycles. The van der Waals surface area contributed by atoms with E-state index in [0.717, 1.165) is 22.3 Å². The lowest BCUT2D eigenvalue weighted by Gasteiger charge is -2.19. The van der Waals surface area contributed by atoms with Gasteiger partial charge in [0.2, 0.25) is 0 Å². The third-order valence-electron chi connectivity index (χ3n) is 7.57. The van der Waals surface area contributed by atoms with Crippen molar-refractivity contribution in [3.05, 3.63) is 82.9 Å². The lowest BCUT2D eigenvalue weighted by Crippen LogP contribution is -2.15. The minimum absolute atomic E-state index is 0.0747. The van der Waals surface area contributed by atoms with E-state index in [0.29, 0.717) is 24.7 Å². The first-order valence-corrected chi connectivity index (χ1v) is 11.9. The van der Waals surface area contributed by atoms with E-state index in [1.165, 1.54) is 0 Å². The highest BCUT2D eigenvalue weighted by Crippen LogP contribution is 2.55. The average Bonchev–Trinajstić information content (AvgIpc) is 3.57. The van der Waals surface area contributed by atoms with Gasteiger partial charge in [0.15, 0.2) is 11.5 Å². The minimum Gasteiger partial charge on any atom is -0.508 e. The summed E-state index contributed by atoms with van der Waals surface area (Å²) in [6.45, 7) is 1.07. The van der Waals surface area contributed by atoms with E-state index in [1.807, 2.05) is 30.3 Å². The number of hydrogen-bond acceptors (Lipinski definition) is 7. The van der Waals surface area contributed by atoms with Gasteiger partial charge in [-0.05, 0) is 53.1 Å². The highest BCUT2D eigenvalue weighted by atomic mass is 16.5. The monoisotopic (exact) mass is 476 g/mol. The van der Waals surface area contributed by atoms with Gasteiger partial charge in [-0.15, -0.1) is 0 Å². The molecule has 0 aromatic heterocycles. The molecule has 3 heterocycles. The van der Waals surface area contributed by atoms with Crippen molar-refractivity contribution in [3.63, 3.8) is 0 Å². The van der Waals surface area contributed by atoms with Crippen molar-refractivity contribution in [2.24, 2.45) is 11.8 Å². The van der Waals surface area contributed by atoms with Gasteiger partial charge in [0.25, 0.3) is 0 Å². The summed E-state index contributed by atoms with van der Waals surface area (Å²) >= 11 is 0. The molecule has 6 atom stereocenters. The SMILES string of the molecule is COc1cc([C@H]2OC[C@H]3[C@@H]2CO[C@@H]3c2ccc(O)cc2)cc2c1O[C@H](c1ccc(O)cc1)[C@H]2CO. The first kappa shape index (κ1) is 22.2. The average molecular weight is 477 g/mol. The summed E-state index contributed by atoms with van der Waals surface area (Å²) in [5, 5.41) is 29.6. The Morgan fingerprint density at radius 1 is 0.771 bits per heavy atom. The molecule has 7 heteroatoms. The first-order valence-electron chi connectivity index (χ1n) is 11.9.